The highest BCUT2D eigenvalue weighted by atomic mass is 16.7. The Bertz CT molecular complexity index is 482. The lowest BCUT2D eigenvalue weighted by Gasteiger charge is -2.21. The van der Waals surface area contributed by atoms with Crippen molar-refractivity contribution in [3.05, 3.63) is 35.9 Å². The van der Waals surface area contributed by atoms with Crippen molar-refractivity contribution < 1.29 is 29.6 Å². The second-order valence-electron chi connectivity index (χ2n) is 5.23. The molecule has 1 amide bonds. The first-order valence-corrected chi connectivity index (χ1v) is 7.08. The van der Waals surface area contributed by atoms with Gasteiger partial charge in [-0.25, -0.2) is 0 Å². The number of aliphatic hydroxyl groups excluding tert-OH is 3. The second-order valence-corrected chi connectivity index (χ2v) is 5.23. The maximum Gasteiger partial charge on any atom is 0.217 e. The molecule has 5 atom stereocenters. The molecule has 7 heteroatoms. The molecule has 0 aliphatic carbocycles. The first-order chi connectivity index (χ1) is 10.5. The zero-order chi connectivity index (χ0) is 16.1. The molecule has 1 saturated heterocycles. The maximum atomic E-state index is 11.3. The van der Waals surface area contributed by atoms with Crippen LogP contribution in [0.25, 0.3) is 0 Å². The zero-order valence-electron chi connectivity index (χ0n) is 12.3. The number of ether oxygens (including phenoxy) is 2. The fourth-order valence-electron chi connectivity index (χ4n) is 2.39. The van der Waals surface area contributed by atoms with Gasteiger partial charge in [0.25, 0.3) is 0 Å². The average Bonchev–Trinajstić information content (AvgIpc) is 2.82. The van der Waals surface area contributed by atoms with E-state index < -0.39 is 37.3 Å². The van der Waals surface area contributed by atoms with Gasteiger partial charge in [0.1, 0.15) is 24.4 Å². The molecule has 1 aliphatic rings. The van der Waals surface area contributed by atoms with Crippen LogP contribution in [0.4, 0.5) is 0 Å². The molecule has 0 radical (unpaired) electrons. The largest absolute Gasteiger partial charge is 0.394 e. The van der Waals surface area contributed by atoms with Crippen molar-refractivity contribution >= 4 is 5.91 Å². The van der Waals surface area contributed by atoms with Gasteiger partial charge in [-0.1, -0.05) is 30.3 Å². The van der Waals surface area contributed by atoms with Crippen LogP contribution in [0.3, 0.4) is 0 Å². The lowest BCUT2D eigenvalue weighted by Crippen LogP contribution is -2.49. The summed E-state index contributed by atoms with van der Waals surface area (Å²) in [5.41, 5.74) is 0.910. The standard InChI is InChI=1S/C15H21NO6/c1-9(18)16-12-13(20)14(11(19)7-17)22-15(12)21-8-10-5-3-2-4-6-10/h2-6,11-15,17,19-20H,7-8H2,1H3,(H,16,18)/t11-,12-,13-,14-,15-/m1/s1. The summed E-state index contributed by atoms with van der Waals surface area (Å²) in [4.78, 5) is 11.3. The van der Waals surface area contributed by atoms with Crippen molar-refractivity contribution in [2.45, 2.75) is 44.2 Å². The Hall–Kier alpha value is -1.51. The first-order valence-electron chi connectivity index (χ1n) is 7.08. The van der Waals surface area contributed by atoms with Gasteiger partial charge in [0.05, 0.1) is 13.2 Å². The molecule has 0 spiro atoms. The minimum Gasteiger partial charge on any atom is -0.394 e. The van der Waals surface area contributed by atoms with Gasteiger partial charge < -0.3 is 30.1 Å². The van der Waals surface area contributed by atoms with E-state index in [2.05, 4.69) is 5.32 Å². The van der Waals surface area contributed by atoms with Gasteiger partial charge in [0.2, 0.25) is 5.91 Å². The number of hydrogen-bond donors (Lipinski definition) is 4. The van der Waals surface area contributed by atoms with E-state index in [0.717, 1.165) is 5.56 Å². The van der Waals surface area contributed by atoms with Crippen molar-refractivity contribution in [3.8, 4) is 0 Å². The lowest BCUT2D eigenvalue weighted by atomic mass is 10.0. The molecule has 7 nitrogen and oxygen atoms in total. The highest BCUT2D eigenvalue weighted by molar-refractivity contribution is 5.73. The van der Waals surface area contributed by atoms with Gasteiger partial charge in [-0.3, -0.25) is 4.79 Å². The summed E-state index contributed by atoms with van der Waals surface area (Å²) in [6.45, 7) is 0.993. The number of hydrogen-bond acceptors (Lipinski definition) is 6. The first kappa shape index (κ1) is 16.9. The number of carbonyl (C=O) groups excluding carboxylic acids is 1. The van der Waals surface area contributed by atoms with Gasteiger partial charge in [0.15, 0.2) is 6.29 Å². The molecule has 0 unspecified atom stereocenters. The SMILES string of the molecule is CC(=O)N[C@H]1[C@H](OCc2ccccc2)O[C@H]([C@H](O)CO)[C@@H]1O. The smallest absolute Gasteiger partial charge is 0.217 e. The molecule has 122 valence electrons. The number of rotatable bonds is 6. The number of aliphatic hydroxyl groups is 3. The number of amides is 1. The summed E-state index contributed by atoms with van der Waals surface area (Å²) < 4.78 is 11.1. The lowest BCUT2D eigenvalue weighted by molar-refractivity contribution is -0.172. The monoisotopic (exact) mass is 311 g/mol. The van der Waals surface area contributed by atoms with E-state index in [1.54, 1.807) is 0 Å². The van der Waals surface area contributed by atoms with Crippen molar-refractivity contribution in [2.75, 3.05) is 6.61 Å². The van der Waals surface area contributed by atoms with Crippen LogP contribution in [-0.2, 0) is 20.9 Å². The van der Waals surface area contributed by atoms with Crippen LogP contribution in [0.2, 0.25) is 0 Å². The molecular formula is C15H21NO6. The van der Waals surface area contributed by atoms with Crippen molar-refractivity contribution in [2.24, 2.45) is 0 Å². The fraction of sp³-hybridized carbons (Fsp3) is 0.533. The summed E-state index contributed by atoms with van der Waals surface area (Å²) in [5.74, 6) is -0.347. The highest BCUT2D eigenvalue weighted by Gasteiger charge is 2.47. The highest BCUT2D eigenvalue weighted by Crippen LogP contribution is 2.25. The Labute approximate surface area is 128 Å². The normalized spacial score (nSPS) is 29.3. The van der Waals surface area contributed by atoms with Crippen LogP contribution in [0, 0.1) is 0 Å². The molecule has 1 aromatic rings. The second kappa shape index (κ2) is 7.66. The van der Waals surface area contributed by atoms with E-state index in [-0.39, 0.29) is 12.5 Å². The number of benzene rings is 1. The molecule has 0 aromatic heterocycles. The Kier molecular flexibility index (Phi) is 5.87. The number of carbonyl (C=O) groups is 1. The predicted octanol–water partition coefficient (Wildman–Crippen LogP) is -0.853. The van der Waals surface area contributed by atoms with E-state index in [0.29, 0.717) is 0 Å². The maximum absolute atomic E-state index is 11.3. The fourth-order valence-corrected chi connectivity index (χ4v) is 2.39. The summed E-state index contributed by atoms with van der Waals surface area (Å²) in [6, 6.07) is 8.55. The van der Waals surface area contributed by atoms with Gasteiger partial charge >= 0.3 is 0 Å². The molecular weight excluding hydrogens is 290 g/mol. The van der Waals surface area contributed by atoms with Gasteiger partial charge in [-0.15, -0.1) is 0 Å². The Morgan fingerprint density at radius 2 is 2.09 bits per heavy atom. The van der Waals surface area contributed by atoms with E-state index in [1.807, 2.05) is 30.3 Å². The Morgan fingerprint density at radius 3 is 2.68 bits per heavy atom. The molecule has 1 aliphatic heterocycles. The molecule has 1 heterocycles. The van der Waals surface area contributed by atoms with Crippen molar-refractivity contribution in [3.63, 3.8) is 0 Å². The summed E-state index contributed by atoms with van der Waals surface area (Å²) in [5, 5.41) is 31.4. The van der Waals surface area contributed by atoms with Crippen LogP contribution in [-0.4, -0.2) is 58.5 Å². The quantitative estimate of drug-likeness (QED) is 0.545. The predicted molar refractivity (Wildman–Crippen MR) is 76.6 cm³/mol. The molecule has 0 bridgehead atoms. The Balaban J connectivity index is 2.04. The molecule has 1 aromatic carbocycles. The van der Waals surface area contributed by atoms with Gasteiger partial charge in [-0.05, 0) is 5.56 Å². The van der Waals surface area contributed by atoms with Crippen molar-refractivity contribution in [1.29, 1.82) is 0 Å². The summed E-state index contributed by atoms with van der Waals surface area (Å²) in [7, 11) is 0. The zero-order valence-corrected chi connectivity index (χ0v) is 12.3. The minimum absolute atomic E-state index is 0.232. The van der Waals surface area contributed by atoms with E-state index in [1.165, 1.54) is 6.92 Å². The van der Waals surface area contributed by atoms with Gasteiger partial charge in [-0.2, -0.15) is 0 Å². The average molecular weight is 311 g/mol. The van der Waals surface area contributed by atoms with E-state index in [4.69, 9.17) is 14.6 Å². The molecule has 4 N–H and O–H groups in total. The third-order valence-electron chi connectivity index (χ3n) is 3.48. The Morgan fingerprint density at radius 1 is 1.41 bits per heavy atom. The van der Waals surface area contributed by atoms with Gasteiger partial charge in [0, 0.05) is 6.92 Å². The summed E-state index contributed by atoms with van der Waals surface area (Å²) in [6.07, 6.45) is -4.36. The van der Waals surface area contributed by atoms with Crippen LogP contribution < -0.4 is 5.32 Å². The molecule has 1 fully saturated rings. The van der Waals surface area contributed by atoms with Crippen molar-refractivity contribution in [1.82, 2.24) is 5.32 Å². The third kappa shape index (κ3) is 4.02. The number of nitrogens with one attached hydrogen (secondary N) is 1. The molecule has 2 rings (SSSR count). The topological polar surface area (TPSA) is 108 Å². The van der Waals surface area contributed by atoms with E-state index >= 15 is 0 Å². The van der Waals surface area contributed by atoms with Crippen LogP contribution >= 0.6 is 0 Å². The van der Waals surface area contributed by atoms with E-state index in [9.17, 15) is 15.0 Å². The van der Waals surface area contributed by atoms with Crippen LogP contribution in [0.1, 0.15) is 12.5 Å². The third-order valence-corrected chi connectivity index (χ3v) is 3.48. The molecule has 22 heavy (non-hydrogen) atoms. The van der Waals surface area contributed by atoms with Crippen LogP contribution in [0.15, 0.2) is 30.3 Å². The minimum atomic E-state index is -1.25. The molecule has 0 saturated carbocycles. The summed E-state index contributed by atoms with van der Waals surface area (Å²) >= 11 is 0. The van der Waals surface area contributed by atoms with Crippen LogP contribution in [0.5, 0.6) is 0 Å².